The highest BCUT2D eigenvalue weighted by Crippen LogP contribution is 2.44. The van der Waals surface area contributed by atoms with E-state index in [0.717, 1.165) is 33.7 Å². The molecule has 3 atom stereocenters. The largest absolute Gasteiger partial charge is 0.454 e. The average Bonchev–Trinajstić information content (AvgIpc) is 3.27. The molecule has 1 aliphatic carbocycles. The minimum Gasteiger partial charge on any atom is -0.454 e. The van der Waals surface area contributed by atoms with E-state index in [1.54, 1.807) is 7.11 Å². The fraction of sp³-hybridized carbons (Fsp3) is 0.308. The van der Waals surface area contributed by atoms with Crippen LogP contribution in [0.15, 0.2) is 54.6 Å². The van der Waals surface area contributed by atoms with Gasteiger partial charge in [0.25, 0.3) is 0 Å². The Morgan fingerprint density at radius 2 is 1.91 bits per heavy atom. The van der Waals surface area contributed by atoms with E-state index >= 15 is 0 Å². The number of fused-ring (bicyclic) bond motifs is 3. The van der Waals surface area contributed by atoms with Gasteiger partial charge in [-0.2, -0.15) is 0 Å². The molecule has 1 amide bonds. The van der Waals surface area contributed by atoms with Crippen LogP contribution in [0.3, 0.4) is 0 Å². The van der Waals surface area contributed by atoms with E-state index in [4.69, 9.17) is 14.2 Å². The monoisotopic (exact) mass is 431 g/mol. The van der Waals surface area contributed by atoms with Gasteiger partial charge in [0, 0.05) is 18.9 Å². The van der Waals surface area contributed by atoms with E-state index in [2.05, 4.69) is 5.32 Å². The number of carbonyl (C=O) groups excluding carboxylic acids is 2. The van der Waals surface area contributed by atoms with E-state index in [9.17, 15) is 9.59 Å². The molecule has 3 aromatic rings. The number of benzene rings is 3. The Balaban J connectivity index is 1.47. The maximum atomic E-state index is 13.2. The fourth-order valence-corrected chi connectivity index (χ4v) is 4.94. The first kappa shape index (κ1) is 20.5. The number of hydrogen-bond donors (Lipinski definition) is 1. The molecule has 0 saturated heterocycles. The summed E-state index contributed by atoms with van der Waals surface area (Å²) >= 11 is 0. The third-order valence-electron chi connectivity index (χ3n) is 6.48. The zero-order chi connectivity index (χ0) is 22.1. The first-order chi connectivity index (χ1) is 15.7. The summed E-state index contributed by atoms with van der Waals surface area (Å²) in [5, 5.41) is 5.37. The summed E-state index contributed by atoms with van der Waals surface area (Å²) in [6.07, 6.45) is 1.81. The molecule has 0 fully saturated rings. The van der Waals surface area contributed by atoms with Crippen molar-refractivity contribution in [1.29, 1.82) is 0 Å². The van der Waals surface area contributed by atoms with Crippen molar-refractivity contribution in [2.24, 2.45) is 11.8 Å². The summed E-state index contributed by atoms with van der Waals surface area (Å²) in [5.74, 6) is 0.826. The average molecular weight is 431 g/mol. The Bertz CT molecular complexity index is 1170. The highest BCUT2D eigenvalue weighted by atomic mass is 16.7. The zero-order valence-corrected chi connectivity index (χ0v) is 17.9. The Hall–Kier alpha value is -3.38. The van der Waals surface area contributed by atoms with Crippen LogP contribution in [0, 0.1) is 11.8 Å². The number of hydrogen-bond acceptors (Lipinski definition) is 5. The van der Waals surface area contributed by atoms with Crippen molar-refractivity contribution >= 4 is 23.0 Å². The predicted molar refractivity (Wildman–Crippen MR) is 120 cm³/mol. The van der Waals surface area contributed by atoms with Crippen LogP contribution in [0.1, 0.15) is 22.7 Å². The van der Waals surface area contributed by atoms with Gasteiger partial charge in [0.05, 0.1) is 19.1 Å². The van der Waals surface area contributed by atoms with Gasteiger partial charge in [-0.15, -0.1) is 0 Å². The molecule has 1 heterocycles. The van der Waals surface area contributed by atoms with Gasteiger partial charge in [-0.1, -0.05) is 42.5 Å². The topological polar surface area (TPSA) is 73.9 Å². The zero-order valence-electron chi connectivity index (χ0n) is 17.9. The molecule has 0 aromatic heterocycles. The van der Waals surface area contributed by atoms with Gasteiger partial charge in [-0.3, -0.25) is 4.79 Å². The Kier molecular flexibility index (Phi) is 5.53. The first-order valence-corrected chi connectivity index (χ1v) is 10.8. The van der Waals surface area contributed by atoms with Gasteiger partial charge in [0.15, 0.2) is 11.5 Å². The minimum atomic E-state index is -0.356. The summed E-state index contributed by atoms with van der Waals surface area (Å²) in [7, 11) is 1.62. The molecule has 1 N–H and O–H groups in total. The van der Waals surface area contributed by atoms with Gasteiger partial charge in [0.2, 0.25) is 12.7 Å². The summed E-state index contributed by atoms with van der Waals surface area (Å²) in [5.41, 5.74) is 2.92. The molecule has 1 aliphatic heterocycles. The molecular formula is C26H25NO5. The lowest BCUT2D eigenvalue weighted by molar-refractivity contribution is -0.123. The molecule has 6 heteroatoms. The quantitative estimate of drug-likeness (QED) is 0.604. The molecular weight excluding hydrogens is 406 g/mol. The van der Waals surface area contributed by atoms with Crippen LogP contribution in [0.5, 0.6) is 11.5 Å². The van der Waals surface area contributed by atoms with Gasteiger partial charge in [-0.25, -0.2) is 0 Å². The van der Waals surface area contributed by atoms with Crippen molar-refractivity contribution in [1.82, 2.24) is 5.32 Å². The van der Waals surface area contributed by atoms with Crippen LogP contribution in [0.2, 0.25) is 0 Å². The van der Waals surface area contributed by atoms with Crippen LogP contribution in [-0.2, 0) is 27.2 Å². The van der Waals surface area contributed by atoms with Crippen LogP contribution in [-0.4, -0.2) is 32.7 Å². The highest BCUT2D eigenvalue weighted by Gasteiger charge is 2.39. The summed E-state index contributed by atoms with van der Waals surface area (Å²) in [6.45, 7) is 0.547. The smallest absolute Gasteiger partial charge is 0.231 e. The van der Waals surface area contributed by atoms with Gasteiger partial charge >= 0.3 is 0 Å². The number of rotatable bonds is 6. The molecule has 2 unspecified atom stereocenters. The standard InChI is InChI=1S/C26H25NO5/c1-30-14-22-19(13-28)9-18-10-23-24(32-15-31-23)12-21(18)26(22)27-25(29)11-17-7-4-6-16-5-2-3-8-20(16)17/h2-8,10,12-13,19,22,26H,9,11,14-15H2,1H3,(H,27,29)/t19-,22?,26?/m0/s1. The molecule has 2 aliphatic rings. The Morgan fingerprint density at radius 1 is 1.12 bits per heavy atom. The van der Waals surface area contributed by atoms with Crippen molar-refractivity contribution in [2.75, 3.05) is 20.5 Å². The molecule has 6 nitrogen and oxygen atoms in total. The molecule has 0 spiro atoms. The van der Waals surface area contributed by atoms with Gasteiger partial charge < -0.3 is 24.3 Å². The lowest BCUT2D eigenvalue weighted by Crippen LogP contribution is -2.43. The van der Waals surface area contributed by atoms with E-state index in [1.165, 1.54) is 0 Å². The van der Waals surface area contributed by atoms with E-state index < -0.39 is 0 Å². The lowest BCUT2D eigenvalue weighted by Gasteiger charge is -2.37. The Labute approximate surface area is 186 Å². The molecule has 5 rings (SSSR count). The summed E-state index contributed by atoms with van der Waals surface area (Å²) in [4.78, 5) is 25.1. The minimum absolute atomic E-state index is 0.0948. The normalized spacial score (nSPS) is 21.2. The number of aldehydes is 1. The fourth-order valence-electron chi connectivity index (χ4n) is 4.94. The van der Waals surface area contributed by atoms with E-state index in [-0.39, 0.29) is 37.0 Å². The van der Waals surface area contributed by atoms with E-state index in [0.29, 0.717) is 24.5 Å². The second kappa shape index (κ2) is 8.63. The molecule has 0 bridgehead atoms. The SMILES string of the molecule is COCC1C(NC(=O)Cc2cccc3ccccc23)c2cc3c(cc2C[C@H]1C=O)OCO3. The number of ether oxygens (including phenoxy) is 3. The third kappa shape index (κ3) is 3.71. The predicted octanol–water partition coefficient (Wildman–Crippen LogP) is 3.60. The maximum Gasteiger partial charge on any atom is 0.231 e. The van der Waals surface area contributed by atoms with Crippen LogP contribution >= 0.6 is 0 Å². The maximum absolute atomic E-state index is 13.2. The molecule has 164 valence electrons. The van der Waals surface area contributed by atoms with Gasteiger partial charge in [-0.05, 0) is 46.0 Å². The van der Waals surface area contributed by atoms with Crippen LogP contribution in [0.25, 0.3) is 10.8 Å². The number of nitrogens with one attached hydrogen (secondary N) is 1. The summed E-state index contributed by atoms with van der Waals surface area (Å²) in [6, 6.07) is 17.5. The second-order valence-corrected chi connectivity index (χ2v) is 8.39. The van der Waals surface area contributed by atoms with Crippen LogP contribution < -0.4 is 14.8 Å². The summed E-state index contributed by atoms with van der Waals surface area (Å²) < 4.78 is 16.5. The number of methoxy groups -OCH3 is 1. The van der Waals surface area contributed by atoms with Crippen molar-refractivity contribution < 1.29 is 23.8 Å². The molecule has 0 saturated carbocycles. The third-order valence-corrected chi connectivity index (χ3v) is 6.48. The van der Waals surface area contributed by atoms with Gasteiger partial charge in [0.1, 0.15) is 6.29 Å². The number of amides is 1. The highest BCUT2D eigenvalue weighted by molar-refractivity contribution is 5.90. The van der Waals surface area contributed by atoms with Crippen LogP contribution in [0.4, 0.5) is 0 Å². The molecule has 0 radical (unpaired) electrons. The number of carbonyl (C=O) groups is 2. The van der Waals surface area contributed by atoms with E-state index in [1.807, 2.05) is 54.6 Å². The second-order valence-electron chi connectivity index (χ2n) is 8.39. The van der Waals surface area contributed by atoms with Crippen molar-refractivity contribution in [3.05, 3.63) is 71.3 Å². The van der Waals surface area contributed by atoms with Crippen molar-refractivity contribution in [3.63, 3.8) is 0 Å². The van der Waals surface area contributed by atoms with Crippen molar-refractivity contribution in [2.45, 2.75) is 18.9 Å². The molecule has 32 heavy (non-hydrogen) atoms. The van der Waals surface area contributed by atoms with Crippen molar-refractivity contribution in [3.8, 4) is 11.5 Å². The molecule has 3 aromatic carbocycles. The Morgan fingerprint density at radius 3 is 2.72 bits per heavy atom. The first-order valence-electron chi connectivity index (χ1n) is 10.8. The lowest BCUT2D eigenvalue weighted by atomic mass is 9.73.